The molecule has 1 heteroatoms. The summed E-state index contributed by atoms with van der Waals surface area (Å²) in [6.07, 6.45) is 2.00. The van der Waals surface area contributed by atoms with Gasteiger partial charge in [0.15, 0.2) is 0 Å². The average Bonchev–Trinajstić information content (AvgIpc) is 1.97. The van der Waals surface area contributed by atoms with Crippen molar-refractivity contribution in [3.8, 4) is 5.75 Å². The van der Waals surface area contributed by atoms with E-state index in [4.69, 9.17) is 0 Å². The first-order chi connectivity index (χ1) is 5.25. The van der Waals surface area contributed by atoms with Gasteiger partial charge >= 0.3 is 0 Å². The third-order valence-corrected chi connectivity index (χ3v) is 1.82. The van der Waals surface area contributed by atoms with Crippen LogP contribution >= 0.6 is 0 Å². The number of rotatable bonds is 2. The van der Waals surface area contributed by atoms with Crippen LogP contribution in [0.15, 0.2) is 12.1 Å². The van der Waals surface area contributed by atoms with Crippen LogP contribution in [0.3, 0.4) is 0 Å². The van der Waals surface area contributed by atoms with E-state index < -0.39 is 0 Å². The summed E-state index contributed by atoms with van der Waals surface area (Å²) in [5, 5.41) is 9.37. The fourth-order valence-electron chi connectivity index (χ4n) is 1.19. The molecule has 59 valence electrons. The molecule has 11 heavy (non-hydrogen) atoms. The quantitative estimate of drug-likeness (QED) is 0.684. The first-order valence-corrected chi connectivity index (χ1v) is 3.94. The zero-order valence-corrected chi connectivity index (χ0v) is 7.02. The predicted molar refractivity (Wildman–Crippen MR) is 45.7 cm³/mol. The Bertz CT molecular complexity index is 220. The molecule has 0 spiro atoms. The molecular weight excluding hydrogens is 136 g/mol. The first kappa shape index (κ1) is 8.12. The summed E-state index contributed by atoms with van der Waals surface area (Å²) in [5.41, 5.74) is 2.19. The van der Waals surface area contributed by atoms with Gasteiger partial charge in [0, 0.05) is 6.07 Å². The SMILES string of the molecule is CCCc1c(O)[c]ccc1C. The van der Waals surface area contributed by atoms with Crippen molar-refractivity contribution in [1.29, 1.82) is 0 Å². The van der Waals surface area contributed by atoms with Crippen molar-refractivity contribution in [3.63, 3.8) is 0 Å². The van der Waals surface area contributed by atoms with Crippen molar-refractivity contribution in [1.82, 2.24) is 0 Å². The maximum atomic E-state index is 9.37. The second-order valence-electron chi connectivity index (χ2n) is 2.74. The van der Waals surface area contributed by atoms with E-state index in [9.17, 15) is 5.11 Å². The summed E-state index contributed by atoms with van der Waals surface area (Å²) in [6.45, 7) is 4.12. The van der Waals surface area contributed by atoms with Crippen molar-refractivity contribution < 1.29 is 5.11 Å². The second-order valence-corrected chi connectivity index (χ2v) is 2.74. The topological polar surface area (TPSA) is 20.2 Å². The number of hydrogen-bond acceptors (Lipinski definition) is 1. The zero-order valence-electron chi connectivity index (χ0n) is 7.02. The molecule has 1 N–H and O–H groups in total. The van der Waals surface area contributed by atoms with E-state index >= 15 is 0 Å². The van der Waals surface area contributed by atoms with E-state index in [1.807, 2.05) is 13.0 Å². The minimum Gasteiger partial charge on any atom is -0.507 e. The highest BCUT2D eigenvalue weighted by Gasteiger charge is 2.01. The van der Waals surface area contributed by atoms with Crippen molar-refractivity contribution in [2.24, 2.45) is 0 Å². The largest absolute Gasteiger partial charge is 0.507 e. The molecule has 0 fully saturated rings. The van der Waals surface area contributed by atoms with Gasteiger partial charge in [-0.2, -0.15) is 0 Å². The van der Waals surface area contributed by atoms with E-state index in [0.717, 1.165) is 24.0 Å². The molecule has 0 heterocycles. The molecule has 0 aliphatic rings. The lowest BCUT2D eigenvalue weighted by molar-refractivity contribution is 0.465. The van der Waals surface area contributed by atoms with Crippen molar-refractivity contribution in [3.05, 3.63) is 29.3 Å². The number of aromatic hydroxyl groups is 1. The van der Waals surface area contributed by atoms with Gasteiger partial charge in [0.05, 0.1) is 0 Å². The van der Waals surface area contributed by atoms with Crippen LogP contribution in [0.1, 0.15) is 24.5 Å². The summed E-state index contributed by atoms with van der Waals surface area (Å²) in [5.74, 6) is 0.312. The van der Waals surface area contributed by atoms with E-state index in [1.165, 1.54) is 0 Å². The van der Waals surface area contributed by atoms with E-state index in [2.05, 4.69) is 13.0 Å². The number of phenols is 1. The normalized spacial score (nSPS) is 10.0. The average molecular weight is 149 g/mol. The third-order valence-electron chi connectivity index (χ3n) is 1.82. The van der Waals surface area contributed by atoms with Gasteiger partial charge in [0.1, 0.15) is 5.75 Å². The fraction of sp³-hybridized carbons (Fsp3) is 0.400. The lowest BCUT2D eigenvalue weighted by atomic mass is 10.0. The molecule has 0 aliphatic heterocycles. The monoisotopic (exact) mass is 149 g/mol. The minimum atomic E-state index is 0.312. The van der Waals surface area contributed by atoms with Gasteiger partial charge in [-0.15, -0.1) is 0 Å². The molecule has 0 aromatic heterocycles. The maximum absolute atomic E-state index is 9.37. The van der Waals surface area contributed by atoms with Crippen LogP contribution < -0.4 is 0 Å². The predicted octanol–water partition coefficient (Wildman–Crippen LogP) is 2.45. The Hall–Kier alpha value is -0.980. The smallest absolute Gasteiger partial charge is 0.126 e. The number of benzene rings is 1. The van der Waals surface area contributed by atoms with Gasteiger partial charge in [0.25, 0.3) is 0 Å². The highest BCUT2D eigenvalue weighted by Crippen LogP contribution is 2.20. The Morgan fingerprint density at radius 2 is 2.27 bits per heavy atom. The summed E-state index contributed by atoms with van der Waals surface area (Å²) < 4.78 is 0. The van der Waals surface area contributed by atoms with Gasteiger partial charge in [-0.1, -0.05) is 25.5 Å². The van der Waals surface area contributed by atoms with Crippen LogP contribution in [-0.2, 0) is 6.42 Å². The van der Waals surface area contributed by atoms with Crippen LogP contribution in [-0.4, -0.2) is 5.11 Å². The molecule has 0 atom stereocenters. The highest BCUT2D eigenvalue weighted by atomic mass is 16.3. The highest BCUT2D eigenvalue weighted by molar-refractivity contribution is 5.37. The second kappa shape index (κ2) is 3.42. The number of phenolic OH excluding ortho intramolecular Hbond substituents is 1. The van der Waals surface area contributed by atoms with Crippen molar-refractivity contribution >= 4 is 0 Å². The Labute approximate surface area is 67.7 Å². The van der Waals surface area contributed by atoms with Gasteiger partial charge in [-0.25, -0.2) is 0 Å². The Balaban J connectivity index is 3.00. The van der Waals surface area contributed by atoms with Crippen molar-refractivity contribution in [2.75, 3.05) is 0 Å². The molecule has 1 aromatic rings. The maximum Gasteiger partial charge on any atom is 0.126 e. The van der Waals surface area contributed by atoms with Gasteiger partial charge in [0.2, 0.25) is 0 Å². The van der Waals surface area contributed by atoms with Crippen molar-refractivity contribution in [2.45, 2.75) is 26.7 Å². The standard InChI is InChI=1S/C10H13O/c1-3-5-9-8(2)6-4-7-10(9)11/h4,6,11H,3,5H2,1-2H3. The molecule has 1 radical (unpaired) electrons. The Morgan fingerprint density at radius 1 is 1.55 bits per heavy atom. The molecule has 0 aliphatic carbocycles. The molecule has 1 nitrogen and oxygen atoms in total. The summed E-state index contributed by atoms with van der Waals surface area (Å²) in [6, 6.07) is 6.51. The molecule has 0 bridgehead atoms. The minimum absolute atomic E-state index is 0.312. The van der Waals surface area contributed by atoms with Gasteiger partial charge in [-0.05, 0) is 24.5 Å². The molecule has 0 unspecified atom stereocenters. The van der Waals surface area contributed by atoms with Crippen LogP contribution in [0.25, 0.3) is 0 Å². The molecule has 0 amide bonds. The summed E-state index contributed by atoms with van der Waals surface area (Å²) in [4.78, 5) is 0. The summed E-state index contributed by atoms with van der Waals surface area (Å²) >= 11 is 0. The third kappa shape index (κ3) is 1.73. The zero-order chi connectivity index (χ0) is 8.27. The van der Waals surface area contributed by atoms with Gasteiger partial charge < -0.3 is 5.11 Å². The molecular formula is C10H13O. The van der Waals surface area contributed by atoms with Gasteiger partial charge in [-0.3, -0.25) is 0 Å². The number of hydrogen-bond donors (Lipinski definition) is 1. The fourth-order valence-corrected chi connectivity index (χ4v) is 1.19. The van der Waals surface area contributed by atoms with E-state index in [1.54, 1.807) is 6.07 Å². The van der Waals surface area contributed by atoms with E-state index in [-0.39, 0.29) is 0 Å². The molecule has 0 saturated heterocycles. The molecule has 1 rings (SSSR count). The Kier molecular flexibility index (Phi) is 2.53. The van der Waals surface area contributed by atoms with Crippen LogP contribution in [0, 0.1) is 13.0 Å². The number of aryl methyl sites for hydroxylation is 1. The van der Waals surface area contributed by atoms with Crippen LogP contribution in [0.4, 0.5) is 0 Å². The summed E-state index contributed by atoms with van der Waals surface area (Å²) in [7, 11) is 0. The molecule has 1 aromatic carbocycles. The molecule has 0 saturated carbocycles. The lowest BCUT2D eigenvalue weighted by Gasteiger charge is -2.04. The van der Waals surface area contributed by atoms with Crippen LogP contribution in [0.5, 0.6) is 5.75 Å². The first-order valence-electron chi connectivity index (χ1n) is 3.94. The van der Waals surface area contributed by atoms with E-state index in [0.29, 0.717) is 5.75 Å². The van der Waals surface area contributed by atoms with Crippen LogP contribution in [0.2, 0.25) is 0 Å². The Morgan fingerprint density at radius 3 is 2.82 bits per heavy atom. The lowest BCUT2D eigenvalue weighted by Crippen LogP contribution is -1.88.